The zero-order chi connectivity index (χ0) is 19.3. The van der Waals surface area contributed by atoms with Gasteiger partial charge in [0.05, 0.1) is 18.0 Å². The Labute approximate surface area is 163 Å². The average molecular weight is 383 g/mol. The largest absolute Gasteiger partial charge is 0.446 e. The summed E-state index contributed by atoms with van der Waals surface area (Å²) in [5.41, 5.74) is -0.246. The summed E-state index contributed by atoms with van der Waals surface area (Å²) in [6.45, 7) is 1.18. The quantitative estimate of drug-likeness (QED) is 0.820. The number of carbonyl (C=O) groups excluding carboxylic acids is 1. The minimum atomic E-state index is -0.513. The highest BCUT2D eigenvalue weighted by Crippen LogP contribution is 2.56. The summed E-state index contributed by atoms with van der Waals surface area (Å²) < 4.78 is 5.97. The van der Waals surface area contributed by atoms with Crippen LogP contribution in [0.25, 0.3) is 0 Å². The Morgan fingerprint density at radius 2 is 2.11 bits per heavy atom. The molecule has 0 aromatic carbocycles. The zero-order valence-electron chi connectivity index (χ0n) is 15.8. The van der Waals surface area contributed by atoms with E-state index >= 15 is 0 Å². The van der Waals surface area contributed by atoms with Gasteiger partial charge >= 0.3 is 6.09 Å². The number of hydrogen-bond donors (Lipinski definition) is 2. The van der Waals surface area contributed by atoms with Crippen LogP contribution >= 0.6 is 0 Å². The molecule has 2 heterocycles. The summed E-state index contributed by atoms with van der Waals surface area (Å²) in [6.07, 6.45) is 8.14. The zero-order valence-corrected chi connectivity index (χ0v) is 15.8. The SMILES string of the molecule is N#Cc1cncc(NC2CCN(C(=O)OC3[C@@H]4CC5C[C@@H]3CC(O)(C5)C4)C2)n1. The fourth-order valence-corrected chi connectivity index (χ4v) is 6.06. The Morgan fingerprint density at radius 1 is 1.32 bits per heavy atom. The predicted molar refractivity (Wildman–Crippen MR) is 99.1 cm³/mol. The molecule has 4 aliphatic carbocycles. The first-order valence-corrected chi connectivity index (χ1v) is 10.2. The van der Waals surface area contributed by atoms with Crippen molar-refractivity contribution in [1.29, 1.82) is 5.26 Å². The third-order valence-electron chi connectivity index (χ3n) is 6.94. The van der Waals surface area contributed by atoms with E-state index in [1.807, 2.05) is 6.07 Å². The van der Waals surface area contributed by atoms with Crippen molar-refractivity contribution in [3.8, 4) is 6.07 Å². The highest BCUT2D eigenvalue weighted by atomic mass is 16.6. The van der Waals surface area contributed by atoms with E-state index in [2.05, 4.69) is 15.3 Å². The van der Waals surface area contributed by atoms with Gasteiger partial charge in [-0.3, -0.25) is 4.98 Å². The number of aliphatic hydroxyl groups is 1. The van der Waals surface area contributed by atoms with E-state index in [1.54, 1.807) is 11.1 Å². The van der Waals surface area contributed by atoms with Crippen LogP contribution in [0.5, 0.6) is 0 Å². The lowest BCUT2D eigenvalue weighted by atomic mass is 9.53. The van der Waals surface area contributed by atoms with Crippen LogP contribution in [0.3, 0.4) is 0 Å². The molecule has 5 fully saturated rings. The van der Waals surface area contributed by atoms with Gasteiger partial charge < -0.3 is 20.1 Å². The minimum absolute atomic E-state index is 0.0467. The van der Waals surface area contributed by atoms with Crippen LogP contribution in [0, 0.1) is 29.1 Å². The van der Waals surface area contributed by atoms with Gasteiger partial charge in [0.25, 0.3) is 0 Å². The normalized spacial score (nSPS) is 38.3. The van der Waals surface area contributed by atoms with Crippen molar-refractivity contribution in [2.24, 2.45) is 17.8 Å². The molecule has 1 saturated heterocycles. The molecule has 2 N–H and O–H groups in total. The standard InChI is InChI=1S/C20H25N5O3/c21-8-16-9-22-10-17(24-16)23-15-1-2-25(11-15)19(26)28-18-13-3-12-4-14(18)7-20(27,5-12)6-13/h9-10,12-15,18,27H,1-7,11H2,(H,23,24)/t12?,13-,14-,15?,18?,20?/m1/s1. The number of rotatable bonds is 3. The summed E-state index contributed by atoms with van der Waals surface area (Å²) in [6, 6.07) is 2.04. The monoisotopic (exact) mass is 383 g/mol. The third kappa shape index (κ3) is 3.18. The predicted octanol–water partition coefficient (Wildman–Crippen LogP) is 1.91. The van der Waals surface area contributed by atoms with Crippen molar-refractivity contribution in [1.82, 2.24) is 14.9 Å². The molecule has 0 radical (unpaired) electrons. The van der Waals surface area contributed by atoms with E-state index in [-0.39, 0.29) is 23.9 Å². The number of aromatic nitrogens is 2. The van der Waals surface area contributed by atoms with Crippen molar-refractivity contribution >= 4 is 11.9 Å². The Kier molecular flexibility index (Phi) is 4.16. The second-order valence-corrected chi connectivity index (χ2v) is 9.02. The fourth-order valence-electron chi connectivity index (χ4n) is 6.06. The molecular weight excluding hydrogens is 358 g/mol. The van der Waals surface area contributed by atoms with Crippen LogP contribution in [-0.4, -0.2) is 56.9 Å². The van der Waals surface area contributed by atoms with Crippen molar-refractivity contribution in [3.05, 3.63) is 18.1 Å². The van der Waals surface area contributed by atoms with Crippen LogP contribution in [0.1, 0.15) is 44.2 Å². The number of hydrogen-bond acceptors (Lipinski definition) is 7. The Hall–Kier alpha value is -2.40. The molecule has 6 rings (SSSR count). The highest BCUT2D eigenvalue weighted by Gasteiger charge is 2.56. The molecule has 1 aromatic rings. The molecule has 1 aromatic heterocycles. The number of ether oxygens (including phenoxy) is 1. The van der Waals surface area contributed by atoms with E-state index in [1.165, 1.54) is 6.20 Å². The number of anilines is 1. The van der Waals surface area contributed by atoms with Crippen LogP contribution in [0.15, 0.2) is 12.4 Å². The lowest BCUT2D eigenvalue weighted by Gasteiger charge is -2.57. The molecule has 1 aliphatic heterocycles. The number of amides is 1. The molecule has 8 nitrogen and oxygen atoms in total. The van der Waals surface area contributed by atoms with Gasteiger partial charge in [0.15, 0.2) is 5.69 Å². The van der Waals surface area contributed by atoms with Crippen LogP contribution in [0.2, 0.25) is 0 Å². The van der Waals surface area contributed by atoms with Gasteiger partial charge in [-0.05, 0) is 56.3 Å². The van der Waals surface area contributed by atoms with Gasteiger partial charge in [0, 0.05) is 19.1 Å². The van der Waals surface area contributed by atoms with E-state index in [0.29, 0.717) is 36.7 Å². The number of nitrogens with one attached hydrogen (secondary N) is 1. The van der Waals surface area contributed by atoms with Crippen molar-refractivity contribution < 1.29 is 14.6 Å². The Morgan fingerprint density at radius 3 is 2.82 bits per heavy atom. The number of nitriles is 1. The van der Waals surface area contributed by atoms with Gasteiger partial charge in [-0.2, -0.15) is 5.26 Å². The molecule has 28 heavy (non-hydrogen) atoms. The first-order chi connectivity index (χ1) is 13.5. The molecule has 5 aliphatic rings. The first kappa shape index (κ1) is 17.7. The van der Waals surface area contributed by atoms with E-state index < -0.39 is 5.60 Å². The molecule has 0 spiro atoms. The summed E-state index contributed by atoms with van der Waals surface area (Å²) in [5.74, 6) is 1.76. The molecule has 4 bridgehead atoms. The molecule has 3 atom stereocenters. The Bertz CT molecular complexity index is 808. The lowest BCUT2D eigenvalue weighted by molar-refractivity contribution is -0.177. The van der Waals surface area contributed by atoms with Crippen molar-refractivity contribution in [3.63, 3.8) is 0 Å². The number of likely N-dealkylation sites (tertiary alicyclic amines) is 1. The fraction of sp³-hybridized carbons (Fsp3) is 0.700. The summed E-state index contributed by atoms with van der Waals surface area (Å²) in [7, 11) is 0. The van der Waals surface area contributed by atoms with E-state index in [4.69, 9.17) is 10.00 Å². The highest BCUT2D eigenvalue weighted by molar-refractivity contribution is 5.68. The number of carbonyl (C=O) groups is 1. The molecule has 4 saturated carbocycles. The van der Waals surface area contributed by atoms with Crippen molar-refractivity contribution in [2.45, 2.75) is 56.3 Å². The smallest absolute Gasteiger partial charge is 0.410 e. The summed E-state index contributed by atoms with van der Waals surface area (Å²) in [4.78, 5) is 22.7. The molecule has 1 unspecified atom stereocenters. The summed E-state index contributed by atoms with van der Waals surface area (Å²) >= 11 is 0. The lowest BCUT2D eigenvalue weighted by Crippen LogP contribution is -2.58. The van der Waals surface area contributed by atoms with Gasteiger partial charge in [-0.25, -0.2) is 9.78 Å². The molecule has 8 heteroatoms. The maximum absolute atomic E-state index is 12.8. The van der Waals surface area contributed by atoms with Gasteiger partial charge in [0.1, 0.15) is 18.0 Å². The maximum Gasteiger partial charge on any atom is 0.410 e. The molecular formula is C20H25N5O3. The van der Waals surface area contributed by atoms with E-state index in [0.717, 1.165) is 38.5 Å². The van der Waals surface area contributed by atoms with Crippen LogP contribution < -0.4 is 5.32 Å². The van der Waals surface area contributed by atoms with Gasteiger partial charge in [0.2, 0.25) is 0 Å². The second kappa shape index (κ2) is 6.59. The van der Waals surface area contributed by atoms with Gasteiger partial charge in [-0.1, -0.05) is 0 Å². The average Bonchev–Trinajstić information content (AvgIpc) is 3.12. The second-order valence-electron chi connectivity index (χ2n) is 9.02. The number of nitrogens with zero attached hydrogens (tertiary/aromatic N) is 4. The Balaban J connectivity index is 1.18. The van der Waals surface area contributed by atoms with Crippen LogP contribution in [0.4, 0.5) is 10.6 Å². The van der Waals surface area contributed by atoms with E-state index in [9.17, 15) is 9.90 Å². The van der Waals surface area contributed by atoms with Crippen molar-refractivity contribution in [2.75, 3.05) is 18.4 Å². The van der Waals surface area contributed by atoms with Crippen LogP contribution in [-0.2, 0) is 4.74 Å². The topological polar surface area (TPSA) is 111 Å². The first-order valence-electron chi connectivity index (χ1n) is 10.2. The van der Waals surface area contributed by atoms with Gasteiger partial charge in [-0.15, -0.1) is 0 Å². The maximum atomic E-state index is 12.8. The minimum Gasteiger partial charge on any atom is -0.446 e. The third-order valence-corrected chi connectivity index (χ3v) is 6.94. The molecule has 1 amide bonds. The molecule has 148 valence electrons. The summed E-state index contributed by atoms with van der Waals surface area (Å²) in [5, 5.41) is 22.9.